The summed E-state index contributed by atoms with van der Waals surface area (Å²) < 4.78 is 1.78. The van der Waals surface area contributed by atoms with Crippen molar-refractivity contribution in [2.45, 2.75) is 96.5 Å². The van der Waals surface area contributed by atoms with E-state index in [-0.39, 0.29) is 15.6 Å². The molecule has 1 aliphatic heterocycles. The zero-order valence-corrected chi connectivity index (χ0v) is 25.4. The predicted molar refractivity (Wildman–Crippen MR) is 161 cm³/mol. The number of rotatable bonds is 15. The minimum Gasteiger partial charge on any atom is -0.292 e. The minimum absolute atomic E-state index is 0.0122. The Balaban J connectivity index is 1.31. The summed E-state index contributed by atoms with van der Waals surface area (Å²) in [6.07, 6.45) is 14.2. The molecule has 0 fully saturated rings. The highest BCUT2D eigenvalue weighted by Crippen LogP contribution is 2.50. The van der Waals surface area contributed by atoms with Gasteiger partial charge >= 0.3 is 0 Å². The molecule has 3 nitrogen and oxygen atoms in total. The van der Waals surface area contributed by atoms with E-state index in [0.29, 0.717) is 4.88 Å². The number of aryl methyl sites for hydroxylation is 1. The van der Waals surface area contributed by atoms with Crippen molar-refractivity contribution in [2.75, 3.05) is 0 Å². The molecule has 194 valence electrons. The molecule has 0 aromatic carbocycles. The monoisotopic (exact) mass is 596 g/mol. The van der Waals surface area contributed by atoms with Crippen LogP contribution in [0, 0.1) is 0 Å². The first kappa shape index (κ1) is 28.3. The lowest BCUT2D eigenvalue weighted by Gasteiger charge is -2.27. The van der Waals surface area contributed by atoms with E-state index in [9.17, 15) is 14.4 Å². The highest BCUT2D eigenvalue weighted by molar-refractivity contribution is 8.09. The van der Waals surface area contributed by atoms with Crippen LogP contribution >= 0.6 is 68.9 Å². The third-order valence-corrected chi connectivity index (χ3v) is 14.0. The fraction of sp³-hybridized carbons (Fsp3) is 0.519. The fourth-order valence-corrected chi connectivity index (χ4v) is 12.1. The predicted octanol–water partition coefficient (Wildman–Crippen LogP) is 9.46. The summed E-state index contributed by atoms with van der Waals surface area (Å²) in [5.74, 6) is -0.00211. The third-order valence-electron chi connectivity index (χ3n) is 6.22. The smallest absolute Gasteiger partial charge is 0.289 e. The van der Waals surface area contributed by atoms with Crippen LogP contribution in [0.4, 0.5) is 0 Å². The van der Waals surface area contributed by atoms with Crippen molar-refractivity contribution in [1.29, 1.82) is 0 Å². The quantitative estimate of drug-likeness (QED) is 0.129. The molecule has 0 saturated heterocycles. The second kappa shape index (κ2) is 14.4. The molecule has 2 unspecified atom stereocenters. The summed E-state index contributed by atoms with van der Waals surface area (Å²) in [5, 5.41) is 0.871. The van der Waals surface area contributed by atoms with Gasteiger partial charge in [-0.05, 0) is 36.4 Å². The molecule has 0 N–H and O–H groups in total. The van der Waals surface area contributed by atoms with Crippen LogP contribution in [0.1, 0.15) is 95.4 Å². The third kappa shape index (κ3) is 7.67. The van der Waals surface area contributed by atoms with Gasteiger partial charge in [-0.3, -0.25) is 14.4 Å². The average molecular weight is 597 g/mol. The number of thioether (sulfide) groups is 2. The van der Waals surface area contributed by atoms with E-state index >= 15 is 0 Å². The van der Waals surface area contributed by atoms with Crippen molar-refractivity contribution in [1.82, 2.24) is 0 Å². The minimum atomic E-state index is -0.508. The molecule has 0 bridgehead atoms. The van der Waals surface area contributed by atoms with Crippen LogP contribution in [0.2, 0.25) is 0 Å². The Kier molecular flexibility index (Phi) is 11.4. The van der Waals surface area contributed by atoms with Crippen LogP contribution in [0.15, 0.2) is 42.9 Å². The molecule has 0 aliphatic carbocycles. The summed E-state index contributed by atoms with van der Waals surface area (Å²) in [6.45, 7) is 2.26. The van der Waals surface area contributed by atoms with Gasteiger partial charge in [0, 0.05) is 4.88 Å². The zero-order chi connectivity index (χ0) is 25.3. The number of carbonyl (C=O) groups excluding carboxylic acids is 2. The second-order valence-electron chi connectivity index (χ2n) is 9.01. The number of hydrogen-bond donors (Lipinski definition) is 0. The van der Waals surface area contributed by atoms with Crippen molar-refractivity contribution < 1.29 is 9.59 Å². The van der Waals surface area contributed by atoms with Gasteiger partial charge in [-0.1, -0.05) is 117 Å². The molecule has 4 rings (SSSR count). The lowest BCUT2D eigenvalue weighted by Crippen LogP contribution is -2.36. The first-order valence-electron chi connectivity index (χ1n) is 12.7. The molecule has 0 spiro atoms. The van der Waals surface area contributed by atoms with Crippen LogP contribution in [0.25, 0.3) is 0 Å². The largest absolute Gasteiger partial charge is 0.292 e. The second-order valence-corrected chi connectivity index (χ2v) is 16.2. The molecule has 36 heavy (non-hydrogen) atoms. The molecule has 0 radical (unpaired) electrons. The highest BCUT2D eigenvalue weighted by Gasteiger charge is 2.42. The van der Waals surface area contributed by atoms with Crippen molar-refractivity contribution in [3.8, 4) is 0 Å². The highest BCUT2D eigenvalue weighted by atomic mass is 32.2. The topological polar surface area (TPSA) is 51.2 Å². The molecule has 3 aromatic rings. The molecule has 2 atom stereocenters. The number of Topliss-reactive ketones (excluding diaryl/α,β-unsaturated/α-hetero) is 2. The number of unbranched alkanes of at least 4 members (excludes halogenated alkanes) is 9. The molecule has 4 heterocycles. The van der Waals surface area contributed by atoms with Gasteiger partial charge in [0.2, 0.25) is 0 Å². The van der Waals surface area contributed by atoms with Crippen molar-refractivity contribution in [2.24, 2.45) is 0 Å². The van der Waals surface area contributed by atoms with E-state index in [1.165, 1.54) is 120 Å². The zero-order valence-electron chi connectivity index (χ0n) is 20.5. The lowest BCUT2D eigenvalue weighted by molar-refractivity contribution is 0.0934. The summed E-state index contributed by atoms with van der Waals surface area (Å²) in [6, 6.07) is 7.70. The Morgan fingerprint density at radius 2 is 1.31 bits per heavy atom. The summed E-state index contributed by atoms with van der Waals surface area (Å²) in [5.41, 5.74) is 0. The maximum Gasteiger partial charge on any atom is 0.289 e. The van der Waals surface area contributed by atoms with E-state index < -0.39 is 10.5 Å². The number of ketones is 2. The number of hydrogen-bond acceptors (Lipinski definition) is 9. The first-order chi connectivity index (χ1) is 17.6. The molecule has 9 heteroatoms. The van der Waals surface area contributed by atoms with Gasteiger partial charge in [0.05, 0.1) is 28.7 Å². The lowest BCUT2D eigenvalue weighted by atomic mass is 10.1. The molecule has 1 aliphatic rings. The molecular formula is C27H32O3S6. The van der Waals surface area contributed by atoms with Crippen LogP contribution in [-0.4, -0.2) is 22.1 Å². The van der Waals surface area contributed by atoms with Gasteiger partial charge in [0.1, 0.15) is 0 Å². The van der Waals surface area contributed by atoms with Gasteiger partial charge in [0.25, 0.3) is 4.06 Å². The molecular weight excluding hydrogens is 565 g/mol. The van der Waals surface area contributed by atoms with Crippen LogP contribution < -0.4 is 4.06 Å². The van der Waals surface area contributed by atoms with E-state index in [2.05, 4.69) is 13.0 Å². The van der Waals surface area contributed by atoms with E-state index in [4.69, 9.17) is 0 Å². The standard InChI is InChI=1S/C27H32O3S6/c1-2-3-4-5-6-7-8-9-10-11-13-18-15-16-20(32-18)22(29)24-23(21(28)19-14-12-17-31-19)33-25-26(34-24)36-27(30)35-25/h12,14-17,23-24H,2-11,13H2,1H3. The Bertz CT molecular complexity index is 1170. The maximum absolute atomic E-state index is 13.6. The van der Waals surface area contributed by atoms with E-state index in [0.717, 1.165) is 26.1 Å². The molecule has 0 amide bonds. The fourth-order valence-electron chi connectivity index (χ4n) is 4.27. The first-order valence-corrected chi connectivity index (χ1v) is 17.8. The Morgan fingerprint density at radius 3 is 1.89 bits per heavy atom. The number of thiophene rings is 2. The number of carbonyl (C=O) groups is 2. The van der Waals surface area contributed by atoms with Gasteiger partial charge in [0.15, 0.2) is 11.6 Å². The van der Waals surface area contributed by atoms with Crippen molar-refractivity contribution >= 4 is 80.4 Å². The van der Waals surface area contributed by atoms with Crippen molar-refractivity contribution in [3.63, 3.8) is 0 Å². The summed E-state index contributed by atoms with van der Waals surface area (Å²) in [7, 11) is 0. The van der Waals surface area contributed by atoms with Gasteiger partial charge in [-0.15, -0.1) is 22.7 Å². The SMILES string of the molecule is CCCCCCCCCCCCc1ccc(C(=O)C2Sc3sc(=O)sc3SC2C(=O)c2cccs2)s1. The molecule has 0 saturated carbocycles. The van der Waals surface area contributed by atoms with E-state index in [1.54, 1.807) is 11.3 Å². The molecule has 3 aromatic heterocycles. The Hall–Kier alpha value is -0.710. The average Bonchev–Trinajstić information content (AvgIpc) is 3.64. The van der Waals surface area contributed by atoms with E-state index in [1.807, 2.05) is 23.6 Å². The Labute approximate surface area is 238 Å². The summed E-state index contributed by atoms with van der Waals surface area (Å²) in [4.78, 5) is 41.6. The van der Waals surface area contributed by atoms with Crippen LogP contribution in [0.3, 0.4) is 0 Å². The van der Waals surface area contributed by atoms with Crippen molar-refractivity contribution in [3.05, 3.63) is 53.1 Å². The Morgan fingerprint density at radius 1 is 0.722 bits per heavy atom. The van der Waals surface area contributed by atoms with Gasteiger partial charge < -0.3 is 0 Å². The van der Waals surface area contributed by atoms with Gasteiger partial charge in [-0.25, -0.2) is 0 Å². The summed E-state index contributed by atoms with van der Waals surface area (Å²) >= 11 is 8.18. The van der Waals surface area contributed by atoms with Crippen LogP contribution in [-0.2, 0) is 6.42 Å². The normalized spacial score (nSPS) is 17.2. The number of fused-ring (bicyclic) bond motifs is 1. The van der Waals surface area contributed by atoms with Gasteiger partial charge in [-0.2, -0.15) is 0 Å². The maximum atomic E-state index is 13.6. The van der Waals surface area contributed by atoms with Crippen LogP contribution in [0.5, 0.6) is 0 Å².